The number of benzene rings is 1. The van der Waals surface area contributed by atoms with Crippen molar-refractivity contribution < 1.29 is 9.18 Å². The Balaban J connectivity index is 2.32. The molecule has 2 N–H and O–H groups in total. The molecule has 1 unspecified atom stereocenters. The van der Waals surface area contributed by atoms with Crippen LogP contribution in [0.25, 0.3) is 0 Å². The lowest BCUT2D eigenvalue weighted by Gasteiger charge is -2.27. The van der Waals surface area contributed by atoms with Gasteiger partial charge in [-0.25, -0.2) is 4.39 Å². The maximum Gasteiger partial charge on any atom is 0.242 e. The summed E-state index contributed by atoms with van der Waals surface area (Å²) in [6, 6.07) is 4.60. The highest BCUT2D eigenvalue weighted by atomic mass is 19.1. The zero-order valence-electron chi connectivity index (χ0n) is 11.4. The number of amides is 1. The van der Waals surface area contributed by atoms with Gasteiger partial charge >= 0.3 is 0 Å². The van der Waals surface area contributed by atoms with Crippen LogP contribution in [0.4, 0.5) is 10.1 Å². The van der Waals surface area contributed by atoms with Crippen molar-refractivity contribution in [2.24, 2.45) is 0 Å². The molecule has 4 nitrogen and oxygen atoms in total. The van der Waals surface area contributed by atoms with E-state index >= 15 is 0 Å². The molecule has 5 heteroatoms. The molecule has 1 fully saturated rings. The van der Waals surface area contributed by atoms with Crippen LogP contribution in [0.1, 0.15) is 18.4 Å². The van der Waals surface area contributed by atoms with Gasteiger partial charge in [0.2, 0.25) is 5.91 Å². The number of hydrogen-bond acceptors (Lipinski definition) is 3. The van der Waals surface area contributed by atoms with E-state index in [0.717, 1.165) is 30.6 Å². The number of hydrogen-bond donors (Lipinski definition) is 2. The summed E-state index contributed by atoms with van der Waals surface area (Å²) < 4.78 is 13.4. The van der Waals surface area contributed by atoms with Crippen LogP contribution in [0, 0.1) is 5.82 Å². The van der Waals surface area contributed by atoms with Gasteiger partial charge in [-0.3, -0.25) is 4.79 Å². The van der Waals surface area contributed by atoms with Gasteiger partial charge < -0.3 is 15.5 Å². The molecule has 1 aromatic carbocycles. The lowest BCUT2D eigenvalue weighted by atomic mass is 10.1. The Morgan fingerprint density at radius 3 is 2.95 bits per heavy atom. The number of likely N-dealkylation sites (N-methyl/N-ethyl adjacent to an activating group) is 1. The molecule has 1 saturated heterocycles. The van der Waals surface area contributed by atoms with Crippen LogP contribution >= 0.6 is 0 Å². The summed E-state index contributed by atoms with van der Waals surface area (Å²) in [5.41, 5.74) is 1.83. The number of nitrogens with one attached hydrogen (secondary N) is 2. The first-order valence-corrected chi connectivity index (χ1v) is 6.58. The summed E-state index contributed by atoms with van der Waals surface area (Å²) >= 11 is 0. The third-order valence-corrected chi connectivity index (χ3v) is 3.52. The minimum Gasteiger partial charge on any atom is -0.359 e. The van der Waals surface area contributed by atoms with E-state index in [-0.39, 0.29) is 17.8 Å². The second-order valence-corrected chi connectivity index (χ2v) is 4.77. The number of anilines is 1. The first-order valence-electron chi connectivity index (χ1n) is 6.58. The second kappa shape index (κ2) is 6.02. The molecule has 1 amide bonds. The summed E-state index contributed by atoms with van der Waals surface area (Å²) in [6.07, 6.45) is 1.82. The number of carbonyl (C=O) groups is 1. The Morgan fingerprint density at radius 1 is 1.47 bits per heavy atom. The first kappa shape index (κ1) is 13.8. The van der Waals surface area contributed by atoms with Crippen molar-refractivity contribution in [3.63, 3.8) is 0 Å². The van der Waals surface area contributed by atoms with Gasteiger partial charge in [-0.05, 0) is 43.7 Å². The zero-order chi connectivity index (χ0) is 13.8. The molecule has 1 heterocycles. The molecule has 0 spiro atoms. The number of nitrogens with zero attached hydrogens (tertiary/aromatic N) is 1. The quantitative estimate of drug-likeness (QED) is 0.861. The van der Waals surface area contributed by atoms with Crippen LogP contribution in [0.3, 0.4) is 0 Å². The van der Waals surface area contributed by atoms with E-state index in [4.69, 9.17) is 0 Å². The summed E-state index contributed by atoms with van der Waals surface area (Å²) in [7, 11) is 3.48. The van der Waals surface area contributed by atoms with Gasteiger partial charge in [-0.1, -0.05) is 0 Å². The molecule has 1 aromatic rings. The largest absolute Gasteiger partial charge is 0.359 e. The Bertz CT molecular complexity index is 464. The number of halogens is 1. The molecule has 1 aliphatic rings. The van der Waals surface area contributed by atoms with E-state index in [1.54, 1.807) is 13.1 Å². The van der Waals surface area contributed by atoms with Gasteiger partial charge in [0.15, 0.2) is 0 Å². The third kappa shape index (κ3) is 2.87. The van der Waals surface area contributed by atoms with Crippen molar-refractivity contribution in [1.82, 2.24) is 10.6 Å². The van der Waals surface area contributed by atoms with E-state index in [1.165, 1.54) is 12.1 Å². The molecule has 19 heavy (non-hydrogen) atoms. The molecule has 0 aromatic heterocycles. The van der Waals surface area contributed by atoms with Crippen molar-refractivity contribution in [2.75, 3.05) is 25.5 Å². The van der Waals surface area contributed by atoms with E-state index in [0.29, 0.717) is 6.54 Å². The van der Waals surface area contributed by atoms with Crippen molar-refractivity contribution in [1.29, 1.82) is 0 Å². The second-order valence-electron chi connectivity index (χ2n) is 4.77. The van der Waals surface area contributed by atoms with Gasteiger partial charge in [-0.15, -0.1) is 0 Å². The predicted molar refractivity (Wildman–Crippen MR) is 73.6 cm³/mol. The zero-order valence-corrected chi connectivity index (χ0v) is 11.4. The number of carbonyl (C=O) groups excluding carboxylic acids is 1. The molecule has 1 aliphatic heterocycles. The monoisotopic (exact) mass is 265 g/mol. The molecule has 0 aliphatic carbocycles. The van der Waals surface area contributed by atoms with E-state index in [9.17, 15) is 9.18 Å². The van der Waals surface area contributed by atoms with Gasteiger partial charge in [0.25, 0.3) is 0 Å². The first-order chi connectivity index (χ1) is 9.17. The lowest BCUT2D eigenvalue weighted by molar-refractivity contribution is -0.121. The van der Waals surface area contributed by atoms with Gasteiger partial charge in [-0.2, -0.15) is 0 Å². The Hall–Kier alpha value is -1.62. The van der Waals surface area contributed by atoms with Gasteiger partial charge in [0, 0.05) is 25.8 Å². The molecule has 104 valence electrons. The van der Waals surface area contributed by atoms with Gasteiger partial charge in [0.1, 0.15) is 11.9 Å². The van der Waals surface area contributed by atoms with Crippen LogP contribution in [0.5, 0.6) is 0 Å². The average molecular weight is 265 g/mol. The van der Waals surface area contributed by atoms with Crippen LogP contribution < -0.4 is 15.5 Å². The SMILES string of the molecule is CNCc1cc(F)ccc1N1CCCC1C(=O)NC. The maximum absolute atomic E-state index is 13.4. The normalized spacial score (nSPS) is 18.7. The molecule has 0 bridgehead atoms. The lowest BCUT2D eigenvalue weighted by Crippen LogP contribution is -2.42. The molecule has 2 rings (SSSR count). The summed E-state index contributed by atoms with van der Waals surface area (Å²) in [4.78, 5) is 14.0. The Labute approximate surface area is 113 Å². The van der Waals surface area contributed by atoms with E-state index in [1.807, 2.05) is 7.05 Å². The molecule has 1 atom stereocenters. The summed E-state index contributed by atoms with van der Waals surface area (Å²) in [6.45, 7) is 1.42. The van der Waals surface area contributed by atoms with E-state index in [2.05, 4.69) is 15.5 Å². The van der Waals surface area contributed by atoms with Gasteiger partial charge in [0.05, 0.1) is 0 Å². The van der Waals surface area contributed by atoms with Crippen LogP contribution in [-0.4, -0.2) is 32.6 Å². The Morgan fingerprint density at radius 2 is 2.26 bits per heavy atom. The molecular formula is C14H20FN3O. The fourth-order valence-electron chi connectivity index (χ4n) is 2.66. The standard InChI is InChI=1S/C14H20FN3O/c1-16-9-10-8-11(15)5-6-12(10)18-7-3-4-13(18)14(19)17-2/h5-6,8,13,16H,3-4,7,9H2,1-2H3,(H,17,19). The summed E-state index contributed by atoms with van der Waals surface area (Å²) in [5.74, 6) is -0.220. The highest BCUT2D eigenvalue weighted by molar-refractivity contribution is 5.86. The van der Waals surface area contributed by atoms with Crippen molar-refractivity contribution >= 4 is 11.6 Å². The fourth-order valence-corrected chi connectivity index (χ4v) is 2.66. The van der Waals surface area contributed by atoms with Crippen molar-refractivity contribution in [3.8, 4) is 0 Å². The van der Waals surface area contributed by atoms with Crippen molar-refractivity contribution in [2.45, 2.75) is 25.4 Å². The smallest absolute Gasteiger partial charge is 0.242 e. The van der Waals surface area contributed by atoms with Crippen molar-refractivity contribution in [3.05, 3.63) is 29.6 Å². The minimum absolute atomic E-state index is 0.0252. The minimum atomic E-state index is -0.246. The highest BCUT2D eigenvalue weighted by Gasteiger charge is 2.31. The highest BCUT2D eigenvalue weighted by Crippen LogP contribution is 2.29. The van der Waals surface area contributed by atoms with Crippen LogP contribution in [-0.2, 0) is 11.3 Å². The van der Waals surface area contributed by atoms with Crippen LogP contribution in [0.2, 0.25) is 0 Å². The average Bonchev–Trinajstić information content (AvgIpc) is 2.87. The predicted octanol–water partition coefficient (Wildman–Crippen LogP) is 1.26. The molecule has 0 saturated carbocycles. The van der Waals surface area contributed by atoms with E-state index < -0.39 is 0 Å². The summed E-state index contributed by atoms with van der Waals surface area (Å²) in [5, 5.41) is 5.74. The maximum atomic E-state index is 13.4. The topological polar surface area (TPSA) is 44.4 Å². The molecule has 0 radical (unpaired) electrons. The number of rotatable bonds is 4. The third-order valence-electron chi connectivity index (χ3n) is 3.52. The van der Waals surface area contributed by atoms with Crippen LogP contribution in [0.15, 0.2) is 18.2 Å². The molecular weight excluding hydrogens is 245 g/mol. The Kier molecular flexibility index (Phi) is 4.37. The fraction of sp³-hybridized carbons (Fsp3) is 0.500.